The van der Waals surface area contributed by atoms with Crippen molar-refractivity contribution in [2.75, 3.05) is 0 Å². The Morgan fingerprint density at radius 2 is 1.84 bits per heavy atom. The van der Waals surface area contributed by atoms with Crippen LogP contribution in [0.25, 0.3) is 0 Å². The molecule has 0 saturated carbocycles. The largest absolute Gasteiger partial charge is 0.294 e. The molecule has 0 aromatic heterocycles. The lowest BCUT2D eigenvalue weighted by atomic mass is 10.0. The molecule has 0 saturated heterocycles. The minimum absolute atomic E-state index is 0.0352. The van der Waals surface area contributed by atoms with Crippen LogP contribution in [0.3, 0.4) is 0 Å². The van der Waals surface area contributed by atoms with Gasteiger partial charge in [0.05, 0.1) is 0 Å². The molecule has 0 radical (unpaired) electrons. The monoisotopic (exact) mass is 384 g/mol. The van der Waals surface area contributed by atoms with Crippen molar-refractivity contribution in [1.29, 1.82) is 0 Å². The number of halogens is 3. The fourth-order valence-corrected chi connectivity index (χ4v) is 2.49. The van der Waals surface area contributed by atoms with E-state index in [1.54, 1.807) is 18.2 Å². The molecule has 2 aromatic carbocycles. The first-order chi connectivity index (χ1) is 8.97. The standard InChI is InChI=1S/C15H11Br2FO/c1-9-2-3-10(7-14(9)17)15(19)8-11-6-12(18)4-5-13(11)16/h2-7H,8H2,1H3. The van der Waals surface area contributed by atoms with Crippen molar-refractivity contribution in [1.82, 2.24) is 0 Å². The Bertz CT molecular complexity index is 638. The van der Waals surface area contributed by atoms with Gasteiger partial charge in [0.15, 0.2) is 5.78 Å². The number of ketones is 1. The van der Waals surface area contributed by atoms with E-state index in [2.05, 4.69) is 31.9 Å². The molecule has 4 heteroatoms. The lowest BCUT2D eigenvalue weighted by Crippen LogP contribution is -2.04. The fraction of sp³-hybridized carbons (Fsp3) is 0.133. The van der Waals surface area contributed by atoms with Crippen molar-refractivity contribution in [3.63, 3.8) is 0 Å². The average Bonchev–Trinajstić information content (AvgIpc) is 2.37. The van der Waals surface area contributed by atoms with Crippen LogP contribution in [0, 0.1) is 12.7 Å². The molecule has 98 valence electrons. The van der Waals surface area contributed by atoms with E-state index >= 15 is 0 Å². The maximum Gasteiger partial charge on any atom is 0.167 e. The summed E-state index contributed by atoms with van der Waals surface area (Å²) < 4.78 is 14.8. The molecule has 0 aliphatic carbocycles. The summed E-state index contributed by atoms with van der Waals surface area (Å²) in [4.78, 5) is 12.2. The van der Waals surface area contributed by atoms with Gasteiger partial charge in [-0.25, -0.2) is 4.39 Å². The molecule has 0 N–H and O–H groups in total. The Hall–Kier alpha value is -1.00. The molecule has 19 heavy (non-hydrogen) atoms. The molecule has 0 aliphatic rings. The van der Waals surface area contributed by atoms with Gasteiger partial charge in [0, 0.05) is 20.9 Å². The molecule has 0 amide bonds. The van der Waals surface area contributed by atoms with Gasteiger partial charge in [0.25, 0.3) is 0 Å². The molecule has 2 aromatic rings. The predicted molar refractivity (Wildman–Crippen MR) is 81.0 cm³/mol. The van der Waals surface area contributed by atoms with Crippen LogP contribution in [0.5, 0.6) is 0 Å². The van der Waals surface area contributed by atoms with E-state index in [1.165, 1.54) is 12.1 Å². The van der Waals surface area contributed by atoms with Gasteiger partial charge in [0.1, 0.15) is 5.82 Å². The summed E-state index contributed by atoms with van der Waals surface area (Å²) in [5.41, 5.74) is 2.35. The first kappa shape index (κ1) is 14.4. The normalized spacial score (nSPS) is 10.5. The van der Waals surface area contributed by atoms with E-state index in [1.807, 2.05) is 13.0 Å². The highest BCUT2D eigenvalue weighted by molar-refractivity contribution is 9.10. The van der Waals surface area contributed by atoms with E-state index in [0.29, 0.717) is 11.1 Å². The van der Waals surface area contributed by atoms with Crippen LogP contribution in [-0.4, -0.2) is 5.78 Å². The van der Waals surface area contributed by atoms with E-state index in [0.717, 1.165) is 14.5 Å². The summed E-state index contributed by atoms with van der Waals surface area (Å²) in [5, 5.41) is 0. The summed E-state index contributed by atoms with van der Waals surface area (Å²) in [7, 11) is 0. The minimum atomic E-state index is -0.337. The maximum absolute atomic E-state index is 13.2. The highest BCUT2D eigenvalue weighted by Gasteiger charge is 2.11. The molecule has 0 fully saturated rings. The number of benzene rings is 2. The highest BCUT2D eigenvalue weighted by atomic mass is 79.9. The second-order valence-corrected chi connectivity index (χ2v) is 6.01. The Kier molecular flexibility index (Phi) is 4.53. The first-order valence-corrected chi connectivity index (χ1v) is 7.29. The van der Waals surface area contributed by atoms with Gasteiger partial charge < -0.3 is 0 Å². The molecule has 0 bridgehead atoms. The van der Waals surface area contributed by atoms with Crippen LogP contribution < -0.4 is 0 Å². The number of hydrogen-bond acceptors (Lipinski definition) is 1. The van der Waals surface area contributed by atoms with Gasteiger partial charge in [-0.2, -0.15) is 0 Å². The molecular weight excluding hydrogens is 375 g/mol. The first-order valence-electron chi connectivity index (χ1n) is 5.70. The molecule has 0 spiro atoms. The third kappa shape index (κ3) is 3.51. The van der Waals surface area contributed by atoms with Gasteiger partial charge in [-0.3, -0.25) is 4.79 Å². The van der Waals surface area contributed by atoms with Crippen LogP contribution in [-0.2, 0) is 6.42 Å². The van der Waals surface area contributed by atoms with Crippen molar-refractivity contribution in [3.05, 3.63) is 67.9 Å². The third-order valence-corrected chi connectivity index (χ3v) is 4.48. The van der Waals surface area contributed by atoms with Gasteiger partial charge in [0.2, 0.25) is 0 Å². The Labute approximate surface area is 128 Å². The molecule has 0 aliphatic heterocycles. The zero-order chi connectivity index (χ0) is 14.0. The van der Waals surface area contributed by atoms with Gasteiger partial charge in [-0.1, -0.05) is 44.0 Å². The van der Waals surface area contributed by atoms with Gasteiger partial charge >= 0.3 is 0 Å². The molecule has 0 unspecified atom stereocenters. The van der Waals surface area contributed by atoms with Crippen LogP contribution in [0.4, 0.5) is 4.39 Å². The quantitative estimate of drug-likeness (QED) is 0.673. The van der Waals surface area contributed by atoms with Crippen molar-refractivity contribution in [3.8, 4) is 0 Å². The zero-order valence-electron chi connectivity index (χ0n) is 10.2. The van der Waals surface area contributed by atoms with Crippen molar-refractivity contribution >= 4 is 37.6 Å². The van der Waals surface area contributed by atoms with E-state index < -0.39 is 0 Å². The summed E-state index contributed by atoms with van der Waals surface area (Å²) >= 11 is 6.73. The number of carbonyl (C=O) groups is 1. The zero-order valence-corrected chi connectivity index (χ0v) is 13.4. The highest BCUT2D eigenvalue weighted by Crippen LogP contribution is 2.22. The molecule has 2 rings (SSSR count). The van der Waals surface area contributed by atoms with Crippen molar-refractivity contribution < 1.29 is 9.18 Å². The Morgan fingerprint density at radius 1 is 1.11 bits per heavy atom. The number of hydrogen-bond donors (Lipinski definition) is 0. The Balaban J connectivity index is 2.25. The van der Waals surface area contributed by atoms with Crippen LogP contribution in [0.2, 0.25) is 0 Å². The molecule has 0 heterocycles. The lowest BCUT2D eigenvalue weighted by molar-refractivity contribution is 0.0992. The number of aryl methyl sites for hydroxylation is 1. The number of carbonyl (C=O) groups excluding carboxylic acids is 1. The van der Waals surface area contributed by atoms with Crippen LogP contribution in [0.1, 0.15) is 21.5 Å². The van der Waals surface area contributed by atoms with Crippen molar-refractivity contribution in [2.45, 2.75) is 13.3 Å². The average molecular weight is 386 g/mol. The molecular formula is C15H11Br2FO. The minimum Gasteiger partial charge on any atom is -0.294 e. The molecule has 0 atom stereocenters. The van der Waals surface area contributed by atoms with Gasteiger partial charge in [-0.15, -0.1) is 0 Å². The topological polar surface area (TPSA) is 17.1 Å². The van der Waals surface area contributed by atoms with E-state index in [-0.39, 0.29) is 18.0 Å². The van der Waals surface area contributed by atoms with Gasteiger partial charge in [-0.05, 0) is 42.3 Å². The number of rotatable bonds is 3. The Morgan fingerprint density at radius 3 is 2.53 bits per heavy atom. The van der Waals surface area contributed by atoms with E-state index in [4.69, 9.17) is 0 Å². The second-order valence-electron chi connectivity index (χ2n) is 4.30. The van der Waals surface area contributed by atoms with Crippen LogP contribution >= 0.6 is 31.9 Å². The summed E-state index contributed by atoms with van der Waals surface area (Å²) in [6.45, 7) is 1.96. The van der Waals surface area contributed by atoms with Crippen molar-refractivity contribution in [2.24, 2.45) is 0 Å². The van der Waals surface area contributed by atoms with E-state index in [9.17, 15) is 9.18 Å². The smallest absolute Gasteiger partial charge is 0.167 e. The fourth-order valence-electron chi connectivity index (χ4n) is 1.72. The molecule has 1 nitrogen and oxygen atoms in total. The second kappa shape index (κ2) is 5.97. The maximum atomic E-state index is 13.2. The predicted octanol–water partition coefficient (Wildman–Crippen LogP) is 5.08. The lowest BCUT2D eigenvalue weighted by Gasteiger charge is -2.06. The summed E-state index contributed by atoms with van der Waals surface area (Å²) in [5.74, 6) is -0.372. The third-order valence-electron chi connectivity index (χ3n) is 2.85. The summed E-state index contributed by atoms with van der Waals surface area (Å²) in [6, 6.07) is 9.83. The SMILES string of the molecule is Cc1ccc(C(=O)Cc2cc(F)ccc2Br)cc1Br. The summed E-state index contributed by atoms with van der Waals surface area (Å²) in [6.07, 6.45) is 0.174. The van der Waals surface area contributed by atoms with Crippen LogP contribution in [0.15, 0.2) is 45.3 Å². The number of Topliss-reactive ketones (excluding diaryl/α,β-unsaturated/α-hetero) is 1.